The highest BCUT2D eigenvalue weighted by molar-refractivity contribution is 8.00. The van der Waals surface area contributed by atoms with E-state index in [1.54, 1.807) is 0 Å². The van der Waals surface area contributed by atoms with Gasteiger partial charge in [-0.3, -0.25) is 0 Å². The van der Waals surface area contributed by atoms with Crippen LogP contribution >= 0.6 is 23.4 Å². The van der Waals surface area contributed by atoms with Crippen molar-refractivity contribution in [2.75, 3.05) is 18.1 Å². The smallest absolute Gasteiger partial charge is 0.137 e. The first kappa shape index (κ1) is 13.9. The van der Waals surface area contributed by atoms with E-state index in [1.807, 2.05) is 18.7 Å². The lowest BCUT2D eigenvalue weighted by molar-refractivity contribution is 0.826. The molecule has 0 bridgehead atoms. The number of hydrogen-bond acceptors (Lipinski definition) is 4. The number of rotatable bonds is 6. The van der Waals surface area contributed by atoms with Gasteiger partial charge in [-0.2, -0.15) is 11.8 Å². The van der Waals surface area contributed by atoms with Gasteiger partial charge in [0.25, 0.3) is 0 Å². The summed E-state index contributed by atoms with van der Waals surface area (Å²) in [6, 6.07) is 0. The fourth-order valence-electron chi connectivity index (χ4n) is 1.88. The Kier molecular flexibility index (Phi) is 4.38. The van der Waals surface area contributed by atoms with Crippen molar-refractivity contribution in [1.82, 2.24) is 9.97 Å². The minimum Gasteiger partial charge on any atom is -0.368 e. The molecule has 1 N–H and O–H groups in total. The molecule has 1 aliphatic rings. The quantitative estimate of drug-likeness (QED) is 0.809. The maximum atomic E-state index is 6.16. The summed E-state index contributed by atoms with van der Waals surface area (Å²) in [6.07, 6.45) is 6.68. The summed E-state index contributed by atoms with van der Waals surface area (Å²) in [7, 11) is 0. The molecule has 0 spiro atoms. The van der Waals surface area contributed by atoms with Crippen LogP contribution in [0.2, 0.25) is 5.15 Å². The number of hydrogen-bond donors (Lipinski definition) is 1. The first-order valence-corrected chi connectivity index (χ1v) is 8.02. The van der Waals surface area contributed by atoms with Crippen molar-refractivity contribution in [3.63, 3.8) is 0 Å². The first-order valence-electron chi connectivity index (χ1n) is 6.42. The van der Waals surface area contributed by atoms with Crippen LogP contribution in [0.25, 0.3) is 0 Å². The highest BCUT2D eigenvalue weighted by atomic mass is 35.5. The van der Waals surface area contributed by atoms with E-state index in [0.29, 0.717) is 9.90 Å². The van der Waals surface area contributed by atoms with Crippen molar-refractivity contribution in [2.45, 2.75) is 44.3 Å². The van der Waals surface area contributed by atoms with Crippen LogP contribution in [0.5, 0.6) is 0 Å². The van der Waals surface area contributed by atoms with Crippen molar-refractivity contribution >= 4 is 29.2 Å². The van der Waals surface area contributed by atoms with Crippen LogP contribution in [-0.4, -0.2) is 27.5 Å². The van der Waals surface area contributed by atoms with Crippen molar-refractivity contribution in [2.24, 2.45) is 0 Å². The molecule has 1 aromatic heterocycles. The molecule has 100 valence electrons. The van der Waals surface area contributed by atoms with Crippen molar-refractivity contribution in [3.8, 4) is 0 Å². The van der Waals surface area contributed by atoms with Gasteiger partial charge < -0.3 is 5.32 Å². The second-order valence-corrected chi connectivity index (χ2v) is 6.53. The van der Waals surface area contributed by atoms with Gasteiger partial charge in [0, 0.05) is 23.3 Å². The molecule has 0 amide bonds. The SMILES string of the molecule is CCCc1nc(Cl)c(C)c(NCC2(SC)CC2)n1. The predicted molar refractivity (Wildman–Crippen MR) is 79.7 cm³/mol. The Labute approximate surface area is 118 Å². The van der Waals surface area contributed by atoms with Crippen LogP contribution in [0, 0.1) is 6.92 Å². The van der Waals surface area contributed by atoms with Gasteiger partial charge in [0.1, 0.15) is 16.8 Å². The Bertz CT molecular complexity index is 432. The molecular weight excluding hydrogens is 266 g/mol. The van der Waals surface area contributed by atoms with E-state index >= 15 is 0 Å². The zero-order valence-corrected chi connectivity index (χ0v) is 12.8. The fraction of sp³-hybridized carbons (Fsp3) is 0.692. The van der Waals surface area contributed by atoms with Gasteiger partial charge in [-0.1, -0.05) is 18.5 Å². The van der Waals surface area contributed by atoms with Gasteiger partial charge in [-0.15, -0.1) is 0 Å². The first-order chi connectivity index (χ1) is 8.60. The van der Waals surface area contributed by atoms with E-state index in [4.69, 9.17) is 11.6 Å². The maximum Gasteiger partial charge on any atom is 0.137 e. The zero-order valence-electron chi connectivity index (χ0n) is 11.2. The molecule has 1 aromatic rings. The lowest BCUT2D eigenvalue weighted by Gasteiger charge is -2.16. The molecule has 0 unspecified atom stereocenters. The normalized spacial score (nSPS) is 16.7. The topological polar surface area (TPSA) is 37.8 Å². The molecule has 0 aliphatic heterocycles. The number of aromatic nitrogens is 2. The molecule has 0 saturated heterocycles. The predicted octanol–water partition coefficient (Wildman–Crippen LogP) is 3.70. The number of thioether (sulfide) groups is 1. The third kappa shape index (κ3) is 3.09. The summed E-state index contributed by atoms with van der Waals surface area (Å²) in [5.74, 6) is 1.74. The lowest BCUT2D eigenvalue weighted by Crippen LogP contribution is -2.19. The molecule has 0 radical (unpaired) electrons. The molecule has 2 rings (SSSR count). The fourth-order valence-corrected chi connectivity index (χ4v) is 2.79. The maximum absolute atomic E-state index is 6.16. The Morgan fingerprint density at radius 2 is 2.11 bits per heavy atom. The number of nitrogens with one attached hydrogen (secondary N) is 1. The monoisotopic (exact) mass is 285 g/mol. The summed E-state index contributed by atoms with van der Waals surface area (Å²) < 4.78 is 0.425. The number of aryl methyl sites for hydroxylation is 1. The van der Waals surface area contributed by atoms with Crippen LogP contribution in [0.15, 0.2) is 0 Å². The lowest BCUT2D eigenvalue weighted by atomic mass is 10.3. The molecule has 1 aliphatic carbocycles. The van der Waals surface area contributed by atoms with Crippen molar-refractivity contribution < 1.29 is 0 Å². The molecule has 5 heteroatoms. The van der Waals surface area contributed by atoms with Crippen molar-refractivity contribution in [3.05, 3.63) is 16.5 Å². The molecule has 1 saturated carbocycles. The molecule has 0 aromatic carbocycles. The Hall–Kier alpha value is -0.480. The number of halogens is 1. The highest BCUT2D eigenvalue weighted by Gasteiger charge is 2.41. The van der Waals surface area contributed by atoms with E-state index in [-0.39, 0.29) is 0 Å². The standard InChI is InChI=1S/C13H20ClN3S/c1-4-5-10-16-11(14)9(2)12(17-10)15-8-13(18-3)6-7-13/h4-8H2,1-3H3,(H,15,16,17). The third-order valence-electron chi connectivity index (χ3n) is 3.43. The highest BCUT2D eigenvalue weighted by Crippen LogP contribution is 2.47. The molecular formula is C13H20ClN3S. The Morgan fingerprint density at radius 1 is 1.39 bits per heavy atom. The summed E-state index contributed by atoms with van der Waals surface area (Å²) in [6.45, 7) is 5.06. The Morgan fingerprint density at radius 3 is 2.67 bits per heavy atom. The van der Waals surface area contributed by atoms with E-state index in [2.05, 4.69) is 28.5 Å². The number of nitrogens with zero attached hydrogens (tertiary/aromatic N) is 2. The molecule has 0 atom stereocenters. The third-order valence-corrected chi connectivity index (χ3v) is 5.21. The van der Waals surface area contributed by atoms with Crippen LogP contribution in [-0.2, 0) is 6.42 Å². The second kappa shape index (κ2) is 5.66. The molecule has 1 heterocycles. The molecule has 18 heavy (non-hydrogen) atoms. The zero-order chi connectivity index (χ0) is 13.2. The van der Waals surface area contributed by atoms with Gasteiger partial charge >= 0.3 is 0 Å². The van der Waals surface area contributed by atoms with Crippen LogP contribution < -0.4 is 5.32 Å². The van der Waals surface area contributed by atoms with Gasteiger partial charge in [-0.25, -0.2) is 9.97 Å². The largest absolute Gasteiger partial charge is 0.368 e. The van der Waals surface area contributed by atoms with Crippen LogP contribution in [0.4, 0.5) is 5.82 Å². The van der Waals surface area contributed by atoms with E-state index < -0.39 is 0 Å². The van der Waals surface area contributed by atoms with Crippen molar-refractivity contribution in [1.29, 1.82) is 0 Å². The number of anilines is 1. The minimum atomic E-state index is 0.425. The second-order valence-electron chi connectivity index (χ2n) is 4.89. The van der Waals surface area contributed by atoms with E-state index in [0.717, 1.165) is 36.6 Å². The van der Waals surface area contributed by atoms with E-state index in [1.165, 1.54) is 12.8 Å². The van der Waals surface area contributed by atoms with Gasteiger partial charge in [0.15, 0.2) is 0 Å². The minimum absolute atomic E-state index is 0.425. The van der Waals surface area contributed by atoms with Gasteiger partial charge in [0.2, 0.25) is 0 Å². The van der Waals surface area contributed by atoms with Crippen LogP contribution in [0.3, 0.4) is 0 Å². The van der Waals surface area contributed by atoms with Crippen LogP contribution in [0.1, 0.15) is 37.6 Å². The average Bonchev–Trinajstić information content (AvgIpc) is 3.13. The average molecular weight is 286 g/mol. The summed E-state index contributed by atoms with van der Waals surface area (Å²) in [4.78, 5) is 8.88. The summed E-state index contributed by atoms with van der Waals surface area (Å²) in [5, 5.41) is 4.02. The van der Waals surface area contributed by atoms with Gasteiger partial charge in [-0.05, 0) is 32.4 Å². The van der Waals surface area contributed by atoms with Gasteiger partial charge in [0.05, 0.1) is 0 Å². The summed E-state index contributed by atoms with van der Waals surface area (Å²) in [5.41, 5.74) is 0.952. The van der Waals surface area contributed by atoms with E-state index in [9.17, 15) is 0 Å². The molecule has 3 nitrogen and oxygen atoms in total. The summed E-state index contributed by atoms with van der Waals surface area (Å²) >= 11 is 8.10. The molecule has 1 fully saturated rings. The Balaban J connectivity index is 2.10.